The van der Waals surface area contributed by atoms with E-state index >= 15 is 0 Å². The van der Waals surface area contributed by atoms with Gasteiger partial charge in [0.15, 0.2) is 17.0 Å². The van der Waals surface area contributed by atoms with Crippen molar-refractivity contribution in [2.24, 2.45) is 5.73 Å². The summed E-state index contributed by atoms with van der Waals surface area (Å²) in [4.78, 5) is 46.4. The minimum atomic E-state index is -0.794. The van der Waals surface area contributed by atoms with Crippen molar-refractivity contribution in [1.29, 1.82) is 0 Å². The molecule has 3 heterocycles. The highest BCUT2D eigenvalue weighted by Gasteiger charge is 2.20. The van der Waals surface area contributed by atoms with E-state index in [0.717, 1.165) is 4.57 Å². The van der Waals surface area contributed by atoms with Gasteiger partial charge in [-0.2, -0.15) is 4.98 Å². The Morgan fingerprint density at radius 1 is 1.48 bits per heavy atom. The number of amides is 1. The number of hydrogen-bond acceptors (Lipinski definition) is 7. The highest BCUT2D eigenvalue weighted by atomic mass is 16.5. The molecule has 0 aromatic carbocycles. The number of aryl methyl sites for hydroxylation is 1. The predicted molar refractivity (Wildman–Crippen MR) is 76.7 cm³/mol. The molecular formula is C12H13N7O4. The minimum Gasteiger partial charge on any atom is -0.368 e. The van der Waals surface area contributed by atoms with Crippen LogP contribution >= 0.6 is 0 Å². The zero-order valence-electron chi connectivity index (χ0n) is 12.3. The molecule has 0 bridgehead atoms. The van der Waals surface area contributed by atoms with Gasteiger partial charge in [0.05, 0.1) is 6.33 Å². The third kappa shape index (κ3) is 2.41. The summed E-state index contributed by atoms with van der Waals surface area (Å²) in [6, 6.07) is -0.794. The number of hydrogen-bond donors (Lipinski definition) is 2. The fourth-order valence-electron chi connectivity index (χ4n) is 2.17. The van der Waals surface area contributed by atoms with Gasteiger partial charge in [-0.25, -0.2) is 14.3 Å². The summed E-state index contributed by atoms with van der Waals surface area (Å²) in [5.41, 5.74) is 4.09. The summed E-state index contributed by atoms with van der Waals surface area (Å²) < 4.78 is 7.12. The maximum atomic E-state index is 12.6. The Morgan fingerprint density at radius 3 is 2.83 bits per heavy atom. The van der Waals surface area contributed by atoms with Crippen molar-refractivity contribution < 1.29 is 9.32 Å². The van der Waals surface area contributed by atoms with Crippen LogP contribution in [-0.2, 0) is 11.3 Å². The summed E-state index contributed by atoms with van der Waals surface area (Å²) in [5.74, 6) is -0.129. The number of aromatic nitrogens is 6. The summed E-state index contributed by atoms with van der Waals surface area (Å²) in [7, 11) is 0. The Balaban J connectivity index is 2.19. The molecule has 0 aliphatic heterocycles. The average molecular weight is 319 g/mol. The Bertz CT molecular complexity index is 1010. The standard InChI is InChI=1S/C12H13N7O4/c1-5(9(13)20)19-4-14-10-8(19)11(21)18(12(22)16-10)3-7-15-6(2)17-23-7/h4-5H,3H2,1-2H3,(H2,13,20)(H,16,22)/t5-/m0/s1. The van der Waals surface area contributed by atoms with Gasteiger partial charge in [-0.05, 0) is 13.8 Å². The monoisotopic (exact) mass is 319 g/mol. The molecule has 0 aliphatic rings. The van der Waals surface area contributed by atoms with Crippen molar-refractivity contribution in [3.05, 3.63) is 38.9 Å². The quantitative estimate of drug-likeness (QED) is 0.603. The zero-order valence-corrected chi connectivity index (χ0v) is 12.3. The fraction of sp³-hybridized carbons (Fsp3) is 0.333. The van der Waals surface area contributed by atoms with Gasteiger partial charge in [0.25, 0.3) is 5.56 Å². The summed E-state index contributed by atoms with van der Waals surface area (Å²) in [5, 5.41) is 3.60. The van der Waals surface area contributed by atoms with Crippen LogP contribution in [0.2, 0.25) is 0 Å². The van der Waals surface area contributed by atoms with Crippen LogP contribution in [0.5, 0.6) is 0 Å². The Kier molecular flexibility index (Phi) is 3.32. The van der Waals surface area contributed by atoms with Gasteiger partial charge in [-0.1, -0.05) is 5.16 Å². The molecule has 0 fully saturated rings. The topological polar surface area (TPSA) is 155 Å². The van der Waals surface area contributed by atoms with Crippen LogP contribution in [-0.4, -0.2) is 35.1 Å². The molecule has 1 amide bonds. The van der Waals surface area contributed by atoms with E-state index in [-0.39, 0.29) is 23.6 Å². The van der Waals surface area contributed by atoms with Crippen LogP contribution in [0.25, 0.3) is 11.2 Å². The molecule has 11 heteroatoms. The number of carbonyl (C=O) groups is 1. The number of primary amides is 1. The zero-order chi connectivity index (χ0) is 16.7. The van der Waals surface area contributed by atoms with Crippen LogP contribution in [0.1, 0.15) is 24.7 Å². The maximum Gasteiger partial charge on any atom is 0.330 e. The summed E-state index contributed by atoms with van der Waals surface area (Å²) in [6.07, 6.45) is 1.28. The molecule has 11 nitrogen and oxygen atoms in total. The molecule has 0 saturated heterocycles. The lowest BCUT2D eigenvalue weighted by atomic mass is 10.3. The van der Waals surface area contributed by atoms with Gasteiger partial charge >= 0.3 is 5.69 Å². The SMILES string of the molecule is Cc1noc(Cn2c(=O)[nH]c3ncn([C@@H](C)C(N)=O)c3c2=O)n1. The summed E-state index contributed by atoms with van der Waals surface area (Å²) >= 11 is 0. The smallest absolute Gasteiger partial charge is 0.330 e. The lowest BCUT2D eigenvalue weighted by Crippen LogP contribution is -2.37. The second-order valence-electron chi connectivity index (χ2n) is 4.98. The average Bonchev–Trinajstić information content (AvgIpc) is 3.08. The fourth-order valence-corrected chi connectivity index (χ4v) is 2.17. The molecule has 3 aromatic rings. The van der Waals surface area contributed by atoms with Crippen LogP contribution in [0.4, 0.5) is 0 Å². The third-order valence-corrected chi connectivity index (χ3v) is 3.40. The normalized spacial score (nSPS) is 12.6. The van der Waals surface area contributed by atoms with Crippen molar-refractivity contribution in [3.8, 4) is 0 Å². The van der Waals surface area contributed by atoms with Crippen LogP contribution in [0.15, 0.2) is 20.4 Å². The Morgan fingerprint density at radius 2 is 2.22 bits per heavy atom. The molecule has 120 valence electrons. The van der Waals surface area contributed by atoms with Gasteiger partial charge in [-0.3, -0.25) is 14.6 Å². The first kappa shape index (κ1) is 14.7. The molecule has 0 aliphatic carbocycles. The van der Waals surface area contributed by atoms with Gasteiger partial charge < -0.3 is 14.8 Å². The van der Waals surface area contributed by atoms with Crippen molar-refractivity contribution in [2.75, 3.05) is 0 Å². The number of aromatic amines is 1. The summed E-state index contributed by atoms with van der Waals surface area (Å²) in [6.45, 7) is 2.95. The van der Waals surface area contributed by atoms with Gasteiger partial charge in [-0.15, -0.1) is 0 Å². The molecule has 3 N–H and O–H groups in total. The number of fused-ring (bicyclic) bond motifs is 1. The third-order valence-electron chi connectivity index (χ3n) is 3.40. The first-order valence-electron chi connectivity index (χ1n) is 6.66. The van der Waals surface area contributed by atoms with E-state index in [1.165, 1.54) is 17.8 Å². The van der Waals surface area contributed by atoms with Crippen molar-refractivity contribution >= 4 is 17.1 Å². The van der Waals surface area contributed by atoms with Crippen molar-refractivity contribution in [3.63, 3.8) is 0 Å². The maximum absolute atomic E-state index is 12.6. The lowest BCUT2D eigenvalue weighted by molar-refractivity contribution is -0.120. The Labute approximate surface area is 127 Å². The van der Waals surface area contributed by atoms with Crippen molar-refractivity contribution in [1.82, 2.24) is 29.2 Å². The second-order valence-corrected chi connectivity index (χ2v) is 4.98. The molecule has 0 radical (unpaired) electrons. The molecule has 1 atom stereocenters. The van der Waals surface area contributed by atoms with E-state index in [4.69, 9.17) is 10.3 Å². The molecule has 0 saturated carbocycles. The van der Waals surface area contributed by atoms with Crippen LogP contribution in [0, 0.1) is 6.92 Å². The van der Waals surface area contributed by atoms with Crippen molar-refractivity contribution in [2.45, 2.75) is 26.4 Å². The number of nitrogens with two attached hydrogens (primary N) is 1. The first-order chi connectivity index (χ1) is 10.9. The van der Waals surface area contributed by atoms with E-state index in [0.29, 0.717) is 5.82 Å². The Hall–Kier alpha value is -3.24. The lowest BCUT2D eigenvalue weighted by Gasteiger charge is -2.10. The number of nitrogens with one attached hydrogen (secondary N) is 1. The van der Waals surface area contributed by atoms with E-state index in [1.54, 1.807) is 6.92 Å². The number of rotatable bonds is 4. The van der Waals surface area contributed by atoms with Gasteiger partial charge in [0, 0.05) is 0 Å². The number of imidazole rings is 1. The predicted octanol–water partition coefficient (Wildman–Crippen LogP) is -1.33. The number of nitrogens with zero attached hydrogens (tertiary/aromatic N) is 5. The molecule has 0 spiro atoms. The molecular weight excluding hydrogens is 306 g/mol. The van der Waals surface area contributed by atoms with Crippen LogP contribution < -0.4 is 17.0 Å². The van der Waals surface area contributed by atoms with E-state index in [2.05, 4.69) is 20.1 Å². The molecule has 3 rings (SSSR count). The van der Waals surface area contributed by atoms with Gasteiger partial charge in [0.2, 0.25) is 11.8 Å². The molecule has 0 unspecified atom stereocenters. The van der Waals surface area contributed by atoms with Crippen LogP contribution in [0.3, 0.4) is 0 Å². The minimum absolute atomic E-state index is 0.0622. The molecule has 3 aromatic heterocycles. The number of carbonyl (C=O) groups excluding carboxylic acids is 1. The second kappa shape index (κ2) is 5.19. The first-order valence-corrected chi connectivity index (χ1v) is 6.66. The van der Waals surface area contributed by atoms with E-state index in [9.17, 15) is 14.4 Å². The van der Waals surface area contributed by atoms with E-state index in [1.807, 2.05) is 0 Å². The largest absolute Gasteiger partial charge is 0.368 e. The molecule has 23 heavy (non-hydrogen) atoms. The van der Waals surface area contributed by atoms with Gasteiger partial charge in [0.1, 0.15) is 12.6 Å². The van der Waals surface area contributed by atoms with E-state index < -0.39 is 23.2 Å². The number of H-pyrrole nitrogens is 1. The highest BCUT2D eigenvalue weighted by Crippen LogP contribution is 2.11. The highest BCUT2D eigenvalue weighted by molar-refractivity contribution is 5.80.